The number of hydrogen-bond donors (Lipinski definition) is 2. The molecule has 6 heteroatoms. The van der Waals surface area contributed by atoms with Crippen LogP contribution in [-0.2, 0) is 9.59 Å². The van der Waals surface area contributed by atoms with Crippen LogP contribution in [0.2, 0.25) is 0 Å². The first kappa shape index (κ1) is 17.9. The maximum absolute atomic E-state index is 12.0. The molecule has 24 heavy (non-hydrogen) atoms. The van der Waals surface area contributed by atoms with Crippen LogP contribution in [0.3, 0.4) is 0 Å². The minimum absolute atomic E-state index is 0.607. The Balaban J connectivity index is 2.01. The highest BCUT2D eigenvalue weighted by atomic mass is 79.9. The molecule has 2 aromatic rings. The number of carbonyl (C=O) groups excluding carboxylic acids is 2. The summed E-state index contributed by atoms with van der Waals surface area (Å²) in [7, 11) is 0. The smallest absolute Gasteiger partial charge is 0.317 e. The zero-order valence-corrected chi connectivity index (χ0v) is 15.3. The van der Waals surface area contributed by atoms with E-state index in [2.05, 4.69) is 31.8 Å². The van der Waals surface area contributed by atoms with Gasteiger partial charge >= 0.3 is 11.8 Å². The number of hydrogen-bond acceptors (Lipinski definition) is 3. The van der Waals surface area contributed by atoms with E-state index in [9.17, 15) is 9.59 Å². The Morgan fingerprint density at radius 2 is 1.67 bits per heavy atom. The molecule has 0 bridgehead atoms. The Morgan fingerprint density at radius 3 is 2.33 bits per heavy atom. The Labute approximate surface area is 149 Å². The van der Waals surface area contributed by atoms with E-state index in [4.69, 9.17) is 0 Å². The fourth-order valence-corrected chi connectivity index (χ4v) is 2.25. The minimum Gasteiger partial charge on any atom is -0.317 e. The van der Waals surface area contributed by atoms with Gasteiger partial charge in [-0.1, -0.05) is 40.2 Å². The van der Waals surface area contributed by atoms with Gasteiger partial charge in [-0.25, -0.2) is 5.43 Å². The number of anilines is 1. The molecule has 0 atom stereocenters. The maximum atomic E-state index is 12.0. The van der Waals surface area contributed by atoms with Crippen LogP contribution in [0, 0.1) is 13.8 Å². The second kappa shape index (κ2) is 7.88. The van der Waals surface area contributed by atoms with E-state index in [-0.39, 0.29) is 0 Å². The van der Waals surface area contributed by atoms with Gasteiger partial charge in [-0.05, 0) is 55.7 Å². The van der Waals surface area contributed by atoms with Gasteiger partial charge in [-0.3, -0.25) is 9.59 Å². The molecule has 5 nitrogen and oxygen atoms in total. The van der Waals surface area contributed by atoms with Gasteiger partial charge in [0.25, 0.3) is 0 Å². The third-order valence-electron chi connectivity index (χ3n) is 3.43. The van der Waals surface area contributed by atoms with Crippen molar-refractivity contribution >= 4 is 39.1 Å². The summed E-state index contributed by atoms with van der Waals surface area (Å²) in [6.45, 7) is 5.54. The molecule has 2 rings (SSSR count). The van der Waals surface area contributed by atoms with Crippen molar-refractivity contribution in [2.45, 2.75) is 20.8 Å². The summed E-state index contributed by atoms with van der Waals surface area (Å²) < 4.78 is 0.955. The van der Waals surface area contributed by atoms with Crippen molar-refractivity contribution in [3.05, 3.63) is 63.6 Å². The Morgan fingerprint density at radius 1 is 1.00 bits per heavy atom. The van der Waals surface area contributed by atoms with Crippen molar-refractivity contribution in [2.75, 3.05) is 5.32 Å². The molecule has 2 amide bonds. The number of nitrogens with zero attached hydrogens (tertiary/aromatic N) is 1. The molecule has 0 radical (unpaired) electrons. The number of halogens is 1. The summed E-state index contributed by atoms with van der Waals surface area (Å²) in [5, 5.41) is 6.56. The van der Waals surface area contributed by atoms with Crippen LogP contribution in [0.15, 0.2) is 52.0 Å². The Kier molecular flexibility index (Phi) is 5.87. The molecule has 0 fully saturated rings. The predicted molar refractivity (Wildman–Crippen MR) is 99.0 cm³/mol. The highest BCUT2D eigenvalue weighted by molar-refractivity contribution is 9.10. The van der Waals surface area contributed by atoms with Crippen LogP contribution >= 0.6 is 15.9 Å². The number of amides is 2. The zero-order valence-electron chi connectivity index (χ0n) is 13.7. The summed E-state index contributed by atoms with van der Waals surface area (Å²) in [5.74, 6) is -1.57. The van der Waals surface area contributed by atoms with Crippen molar-refractivity contribution < 1.29 is 9.59 Å². The lowest BCUT2D eigenvalue weighted by Gasteiger charge is -2.08. The lowest BCUT2D eigenvalue weighted by molar-refractivity contribution is -0.136. The van der Waals surface area contributed by atoms with Crippen LogP contribution in [0.5, 0.6) is 0 Å². The van der Waals surface area contributed by atoms with Crippen molar-refractivity contribution in [3.8, 4) is 0 Å². The fourth-order valence-electron chi connectivity index (χ4n) is 1.99. The average molecular weight is 388 g/mol. The first-order valence-corrected chi connectivity index (χ1v) is 8.15. The van der Waals surface area contributed by atoms with Crippen molar-refractivity contribution in [2.24, 2.45) is 5.10 Å². The number of benzene rings is 2. The SMILES string of the molecule is CC(=NNC(=O)C(=O)Nc1cc(C)ccc1C)c1ccc(Br)cc1. The quantitative estimate of drug-likeness (QED) is 0.480. The van der Waals surface area contributed by atoms with E-state index in [1.807, 2.05) is 56.3 Å². The van der Waals surface area contributed by atoms with Crippen LogP contribution in [-0.4, -0.2) is 17.5 Å². The highest BCUT2D eigenvalue weighted by Gasteiger charge is 2.14. The van der Waals surface area contributed by atoms with Crippen LogP contribution < -0.4 is 10.7 Å². The molecule has 2 N–H and O–H groups in total. The molecule has 0 heterocycles. The minimum atomic E-state index is -0.813. The second-order valence-corrected chi connectivity index (χ2v) is 6.33. The molecule has 0 saturated heterocycles. The third kappa shape index (κ3) is 4.76. The largest absolute Gasteiger partial charge is 0.329 e. The number of nitrogens with one attached hydrogen (secondary N) is 2. The molecule has 0 aliphatic rings. The van der Waals surface area contributed by atoms with E-state index in [0.29, 0.717) is 11.4 Å². The van der Waals surface area contributed by atoms with Crippen LogP contribution in [0.25, 0.3) is 0 Å². The van der Waals surface area contributed by atoms with E-state index in [0.717, 1.165) is 21.2 Å². The maximum Gasteiger partial charge on any atom is 0.329 e. The third-order valence-corrected chi connectivity index (χ3v) is 3.96. The zero-order chi connectivity index (χ0) is 17.7. The molecule has 0 aliphatic heterocycles. The van der Waals surface area contributed by atoms with Gasteiger partial charge in [0.2, 0.25) is 0 Å². The summed E-state index contributed by atoms with van der Waals surface area (Å²) in [4.78, 5) is 23.9. The molecule has 0 aromatic heterocycles. The lowest BCUT2D eigenvalue weighted by Crippen LogP contribution is -2.33. The normalized spacial score (nSPS) is 11.1. The Hall–Kier alpha value is -2.47. The lowest BCUT2D eigenvalue weighted by atomic mass is 10.1. The number of rotatable bonds is 3. The summed E-state index contributed by atoms with van der Waals surface area (Å²) >= 11 is 3.36. The molecule has 124 valence electrons. The standard InChI is InChI=1S/C18H18BrN3O2/c1-11-4-5-12(2)16(10-11)20-17(23)18(24)22-21-13(3)14-6-8-15(19)9-7-14/h4-10H,1-3H3,(H,20,23)(H,22,24). The van der Waals surface area contributed by atoms with Gasteiger partial charge in [-0.15, -0.1) is 0 Å². The van der Waals surface area contributed by atoms with Crippen molar-refractivity contribution in [3.63, 3.8) is 0 Å². The predicted octanol–water partition coefficient (Wildman–Crippen LogP) is 3.54. The van der Waals surface area contributed by atoms with E-state index in [1.165, 1.54) is 0 Å². The highest BCUT2D eigenvalue weighted by Crippen LogP contribution is 2.16. The van der Waals surface area contributed by atoms with Gasteiger partial charge in [-0.2, -0.15) is 5.10 Å². The molecular weight excluding hydrogens is 370 g/mol. The van der Waals surface area contributed by atoms with E-state index >= 15 is 0 Å². The molecular formula is C18H18BrN3O2. The van der Waals surface area contributed by atoms with Crippen LogP contribution in [0.4, 0.5) is 5.69 Å². The molecule has 0 spiro atoms. The second-order valence-electron chi connectivity index (χ2n) is 5.42. The number of aryl methyl sites for hydroxylation is 2. The summed E-state index contributed by atoms with van der Waals surface area (Å²) in [6.07, 6.45) is 0. The molecule has 0 saturated carbocycles. The van der Waals surface area contributed by atoms with Crippen molar-refractivity contribution in [1.29, 1.82) is 0 Å². The molecule has 0 unspecified atom stereocenters. The van der Waals surface area contributed by atoms with Gasteiger partial charge in [0.1, 0.15) is 0 Å². The molecule has 2 aromatic carbocycles. The van der Waals surface area contributed by atoms with Crippen molar-refractivity contribution in [1.82, 2.24) is 5.43 Å². The fraction of sp³-hybridized carbons (Fsp3) is 0.167. The van der Waals surface area contributed by atoms with E-state index in [1.54, 1.807) is 6.92 Å². The van der Waals surface area contributed by atoms with Crippen LogP contribution in [0.1, 0.15) is 23.6 Å². The van der Waals surface area contributed by atoms with Gasteiger partial charge in [0.15, 0.2) is 0 Å². The monoisotopic (exact) mass is 387 g/mol. The Bertz CT molecular complexity index is 798. The molecule has 0 aliphatic carbocycles. The summed E-state index contributed by atoms with van der Waals surface area (Å²) in [5.41, 5.74) is 6.24. The van der Waals surface area contributed by atoms with Gasteiger partial charge < -0.3 is 5.32 Å². The first-order chi connectivity index (χ1) is 11.4. The van der Waals surface area contributed by atoms with E-state index < -0.39 is 11.8 Å². The summed E-state index contributed by atoms with van der Waals surface area (Å²) in [6, 6.07) is 13.1. The topological polar surface area (TPSA) is 70.6 Å². The average Bonchev–Trinajstić information content (AvgIpc) is 2.56. The first-order valence-electron chi connectivity index (χ1n) is 7.35. The van der Waals surface area contributed by atoms with Gasteiger partial charge in [0, 0.05) is 10.2 Å². The van der Waals surface area contributed by atoms with Gasteiger partial charge in [0.05, 0.1) is 5.71 Å². The number of hydrazone groups is 1. The number of carbonyl (C=O) groups is 2.